The van der Waals surface area contributed by atoms with Crippen LogP contribution in [0.25, 0.3) is 0 Å². The number of carboxylic acid groups (broad SMARTS) is 1. The third-order valence-electron chi connectivity index (χ3n) is 6.44. The molecule has 0 saturated carbocycles. The van der Waals surface area contributed by atoms with Crippen molar-refractivity contribution in [1.29, 1.82) is 0 Å². The SMILES string of the molecule is Cc1cccc(N2CCN(C(=O)c3ccccc3NC(=O)[C@@H]3CC=CC[C@H]3C(=O)O)CC2)c1. The number of aliphatic carboxylic acids is 1. The number of piperazine rings is 1. The summed E-state index contributed by atoms with van der Waals surface area (Å²) < 4.78 is 0. The summed E-state index contributed by atoms with van der Waals surface area (Å²) >= 11 is 0. The van der Waals surface area contributed by atoms with E-state index in [9.17, 15) is 19.5 Å². The van der Waals surface area contributed by atoms with E-state index in [0.29, 0.717) is 37.2 Å². The molecule has 0 bridgehead atoms. The summed E-state index contributed by atoms with van der Waals surface area (Å²) in [5.41, 5.74) is 3.21. The number of carbonyl (C=O) groups is 3. The van der Waals surface area contributed by atoms with E-state index in [1.165, 1.54) is 5.56 Å². The quantitative estimate of drug-likeness (QED) is 0.684. The van der Waals surface area contributed by atoms with Crippen LogP contribution in [-0.2, 0) is 9.59 Å². The maximum absolute atomic E-state index is 13.3. The molecule has 1 saturated heterocycles. The molecule has 0 spiro atoms. The average Bonchev–Trinajstić information content (AvgIpc) is 2.84. The van der Waals surface area contributed by atoms with Crippen molar-refractivity contribution in [2.75, 3.05) is 36.4 Å². The first-order valence-electron chi connectivity index (χ1n) is 11.3. The lowest BCUT2D eigenvalue weighted by Gasteiger charge is -2.36. The van der Waals surface area contributed by atoms with Gasteiger partial charge in [0.25, 0.3) is 5.91 Å². The summed E-state index contributed by atoms with van der Waals surface area (Å²) in [5.74, 6) is -2.89. The molecule has 0 unspecified atom stereocenters. The fraction of sp³-hybridized carbons (Fsp3) is 0.346. The minimum atomic E-state index is -0.977. The lowest BCUT2D eigenvalue weighted by molar-refractivity contribution is -0.146. The molecular weight excluding hydrogens is 418 g/mol. The van der Waals surface area contributed by atoms with Crippen molar-refractivity contribution in [2.45, 2.75) is 19.8 Å². The number of rotatable bonds is 5. The van der Waals surface area contributed by atoms with Gasteiger partial charge in [0.05, 0.1) is 23.1 Å². The number of nitrogens with zero attached hydrogens (tertiary/aromatic N) is 2. The van der Waals surface area contributed by atoms with Crippen molar-refractivity contribution in [3.05, 3.63) is 71.8 Å². The number of carbonyl (C=O) groups excluding carboxylic acids is 2. The number of benzene rings is 2. The average molecular weight is 448 g/mol. The molecule has 1 heterocycles. The highest BCUT2D eigenvalue weighted by molar-refractivity contribution is 6.04. The summed E-state index contributed by atoms with van der Waals surface area (Å²) in [4.78, 5) is 41.9. The molecule has 2 atom stereocenters. The van der Waals surface area contributed by atoms with Gasteiger partial charge in [-0.15, -0.1) is 0 Å². The predicted molar refractivity (Wildman–Crippen MR) is 127 cm³/mol. The molecule has 2 aliphatic rings. The van der Waals surface area contributed by atoms with Crippen molar-refractivity contribution in [3.8, 4) is 0 Å². The summed E-state index contributed by atoms with van der Waals surface area (Å²) in [6, 6.07) is 15.3. The highest BCUT2D eigenvalue weighted by Gasteiger charge is 2.34. The highest BCUT2D eigenvalue weighted by Crippen LogP contribution is 2.28. The van der Waals surface area contributed by atoms with E-state index in [4.69, 9.17) is 0 Å². The fourth-order valence-electron chi connectivity index (χ4n) is 4.54. The Hall–Kier alpha value is -3.61. The first-order valence-corrected chi connectivity index (χ1v) is 11.3. The van der Waals surface area contributed by atoms with Crippen molar-refractivity contribution >= 4 is 29.2 Å². The minimum Gasteiger partial charge on any atom is -0.481 e. The van der Waals surface area contributed by atoms with Crippen LogP contribution >= 0.6 is 0 Å². The Morgan fingerprint density at radius 3 is 2.30 bits per heavy atom. The number of amides is 2. The van der Waals surface area contributed by atoms with Gasteiger partial charge in [0.2, 0.25) is 5.91 Å². The van der Waals surface area contributed by atoms with Gasteiger partial charge in [-0.05, 0) is 49.6 Å². The summed E-state index contributed by atoms with van der Waals surface area (Å²) in [6.45, 7) is 4.71. The van der Waals surface area contributed by atoms with Crippen LogP contribution in [0, 0.1) is 18.8 Å². The molecule has 7 nitrogen and oxygen atoms in total. The van der Waals surface area contributed by atoms with Crippen LogP contribution in [0.1, 0.15) is 28.8 Å². The van der Waals surface area contributed by atoms with E-state index in [1.54, 1.807) is 35.2 Å². The van der Waals surface area contributed by atoms with Crippen molar-refractivity contribution in [2.24, 2.45) is 11.8 Å². The predicted octanol–water partition coefficient (Wildman–Crippen LogP) is 3.56. The zero-order chi connectivity index (χ0) is 23.4. The number of hydrogen-bond donors (Lipinski definition) is 2. The number of carboxylic acids is 1. The van der Waals surface area contributed by atoms with Crippen LogP contribution in [0.4, 0.5) is 11.4 Å². The zero-order valence-corrected chi connectivity index (χ0v) is 18.7. The number of nitrogens with one attached hydrogen (secondary N) is 1. The van der Waals surface area contributed by atoms with Crippen molar-refractivity contribution in [3.63, 3.8) is 0 Å². The number of allylic oxidation sites excluding steroid dienone is 2. The van der Waals surface area contributed by atoms with Gasteiger partial charge in [-0.2, -0.15) is 0 Å². The van der Waals surface area contributed by atoms with Crippen LogP contribution in [0.3, 0.4) is 0 Å². The highest BCUT2D eigenvalue weighted by atomic mass is 16.4. The number of hydrogen-bond acceptors (Lipinski definition) is 4. The van der Waals surface area contributed by atoms with Gasteiger partial charge >= 0.3 is 5.97 Å². The molecule has 0 radical (unpaired) electrons. The third kappa shape index (κ3) is 5.08. The summed E-state index contributed by atoms with van der Waals surface area (Å²) in [7, 11) is 0. The smallest absolute Gasteiger partial charge is 0.307 e. The van der Waals surface area contributed by atoms with Gasteiger partial charge in [0.1, 0.15) is 0 Å². The summed E-state index contributed by atoms with van der Waals surface area (Å²) in [5, 5.41) is 12.3. The number of aryl methyl sites for hydroxylation is 1. The maximum Gasteiger partial charge on any atom is 0.307 e. The lowest BCUT2D eigenvalue weighted by Crippen LogP contribution is -2.49. The van der Waals surface area contributed by atoms with Crippen LogP contribution in [0.5, 0.6) is 0 Å². The Kier molecular flexibility index (Phi) is 6.77. The second kappa shape index (κ2) is 9.90. The van der Waals surface area contributed by atoms with Gasteiger partial charge in [0, 0.05) is 31.9 Å². The Morgan fingerprint density at radius 1 is 0.909 bits per heavy atom. The first kappa shape index (κ1) is 22.6. The van der Waals surface area contributed by atoms with E-state index in [1.807, 2.05) is 12.1 Å². The van der Waals surface area contributed by atoms with E-state index in [-0.39, 0.29) is 11.8 Å². The van der Waals surface area contributed by atoms with Gasteiger partial charge in [-0.1, -0.05) is 36.4 Å². The molecule has 7 heteroatoms. The van der Waals surface area contributed by atoms with Crippen molar-refractivity contribution in [1.82, 2.24) is 4.90 Å². The second-order valence-electron chi connectivity index (χ2n) is 8.65. The molecule has 172 valence electrons. The van der Waals surface area contributed by atoms with E-state index >= 15 is 0 Å². The number of anilines is 2. The third-order valence-corrected chi connectivity index (χ3v) is 6.44. The van der Waals surface area contributed by atoms with Gasteiger partial charge in [-0.3, -0.25) is 14.4 Å². The standard InChI is InChI=1S/C26H29N3O4/c1-18-7-6-8-19(17-18)28-13-15-29(16-14-28)25(31)22-11-4-5-12-23(22)27-24(30)20-9-2-3-10-21(20)26(32)33/h2-8,11-12,17,20-21H,9-10,13-16H2,1H3,(H,27,30)(H,32,33)/t20-,21-/m1/s1. The van der Waals surface area contributed by atoms with E-state index in [2.05, 4.69) is 35.3 Å². The molecule has 1 fully saturated rings. The second-order valence-corrected chi connectivity index (χ2v) is 8.65. The monoisotopic (exact) mass is 447 g/mol. The molecule has 4 rings (SSSR count). The van der Waals surface area contributed by atoms with E-state index < -0.39 is 17.8 Å². The van der Waals surface area contributed by atoms with Crippen LogP contribution in [-0.4, -0.2) is 54.0 Å². The van der Waals surface area contributed by atoms with Crippen LogP contribution in [0.15, 0.2) is 60.7 Å². The molecule has 33 heavy (non-hydrogen) atoms. The Bertz CT molecular complexity index is 1070. The molecule has 0 aromatic heterocycles. The maximum atomic E-state index is 13.3. The largest absolute Gasteiger partial charge is 0.481 e. The molecule has 2 N–H and O–H groups in total. The molecular formula is C26H29N3O4. The van der Waals surface area contributed by atoms with Crippen LogP contribution < -0.4 is 10.2 Å². The molecule has 1 aliphatic heterocycles. The molecule has 2 aromatic carbocycles. The fourth-order valence-corrected chi connectivity index (χ4v) is 4.54. The Morgan fingerprint density at radius 2 is 1.61 bits per heavy atom. The molecule has 2 aromatic rings. The topological polar surface area (TPSA) is 90.0 Å². The zero-order valence-electron chi connectivity index (χ0n) is 18.7. The Labute approximate surface area is 193 Å². The van der Waals surface area contributed by atoms with Gasteiger partial charge < -0.3 is 20.2 Å². The van der Waals surface area contributed by atoms with E-state index in [0.717, 1.165) is 18.8 Å². The lowest BCUT2D eigenvalue weighted by atomic mass is 9.82. The molecule has 1 aliphatic carbocycles. The normalized spacial score (nSPS) is 20.4. The van der Waals surface area contributed by atoms with Crippen LogP contribution in [0.2, 0.25) is 0 Å². The van der Waals surface area contributed by atoms with Gasteiger partial charge in [-0.25, -0.2) is 0 Å². The van der Waals surface area contributed by atoms with Crippen molar-refractivity contribution < 1.29 is 19.5 Å². The van der Waals surface area contributed by atoms with Gasteiger partial charge in [0.15, 0.2) is 0 Å². The Balaban J connectivity index is 1.44. The summed E-state index contributed by atoms with van der Waals surface area (Å²) in [6.07, 6.45) is 4.35. The minimum absolute atomic E-state index is 0.131. The first-order chi connectivity index (χ1) is 15.9. The number of para-hydroxylation sites is 1. The molecule has 2 amide bonds.